The summed E-state index contributed by atoms with van der Waals surface area (Å²) in [5.74, 6) is -0.250. The van der Waals surface area contributed by atoms with Crippen LogP contribution in [-0.4, -0.2) is 14.7 Å². The van der Waals surface area contributed by atoms with Crippen molar-refractivity contribution in [1.82, 2.24) is 14.9 Å². The van der Waals surface area contributed by atoms with E-state index in [1.807, 2.05) is 24.4 Å². The molecule has 154 valence electrons. The number of nitrogens with one attached hydrogen (secondary N) is 1. The fourth-order valence-electron chi connectivity index (χ4n) is 4.88. The minimum atomic E-state index is -0.250. The van der Waals surface area contributed by atoms with Gasteiger partial charge in [-0.15, -0.1) is 0 Å². The third-order valence-corrected chi connectivity index (χ3v) is 6.60. The van der Waals surface area contributed by atoms with Crippen LogP contribution in [-0.2, 0) is 0 Å². The number of hydrogen-bond donors (Lipinski definition) is 1. The number of rotatable bonds is 4. The van der Waals surface area contributed by atoms with Gasteiger partial charge in [-0.05, 0) is 73.6 Å². The van der Waals surface area contributed by atoms with Crippen LogP contribution < -0.4 is 10.2 Å². The standard InChI is InChI=1S/C24H25FN4S/c25-17-11-13-19(14-12-17)29-23(22(27-24(29)30)20-9-4-5-15-26-20)21-10-6-16-28(21)18-7-2-1-3-8-18/h4-6,9-16,18,22-23H,1-3,7-8H2,(H,27,30). The average molecular weight is 421 g/mol. The Labute approximate surface area is 181 Å². The van der Waals surface area contributed by atoms with Crippen LogP contribution in [0.4, 0.5) is 10.1 Å². The molecule has 1 saturated carbocycles. The highest BCUT2D eigenvalue weighted by Crippen LogP contribution is 2.43. The summed E-state index contributed by atoms with van der Waals surface area (Å²) < 4.78 is 16.0. The van der Waals surface area contributed by atoms with Crippen molar-refractivity contribution in [1.29, 1.82) is 0 Å². The number of thiocarbonyl (C=S) groups is 1. The smallest absolute Gasteiger partial charge is 0.174 e. The van der Waals surface area contributed by atoms with Gasteiger partial charge in [0.2, 0.25) is 0 Å². The average Bonchev–Trinajstić information content (AvgIpc) is 3.40. The first-order valence-corrected chi connectivity index (χ1v) is 11.1. The molecule has 1 aliphatic heterocycles. The summed E-state index contributed by atoms with van der Waals surface area (Å²) in [4.78, 5) is 6.74. The van der Waals surface area contributed by atoms with E-state index >= 15 is 0 Å². The zero-order chi connectivity index (χ0) is 20.5. The molecule has 1 saturated heterocycles. The van der Waals surface area contributed by atoms with Crippen LogP contribution >= 0.6 is 12.2 Å². The van der Waals surface area contributed by atoms with Gasteiger partial charge in [-0.1, -0.05) is 25.3 Å². The van der Waals surface area contributed by atoms with E-state index in [0.29, 0.717) is 11.2 Å². The van der Waals surface area contributed by atoms with Crippen LogP contribution in [0.25, 0.3) is 0 Å². The lowest BCUT2D eigenvalue weighted by Gasteiger charge is -2.32. The molecule has 0 radical (unpaired) electrons. The fourth-order valence-corrected chi connectivity index (χ4v) is 5.23. The largest absolute Gasteiger partial charge is 0.351 e. The number of benzene rings is 1. The van der Waals surface area contributed by atoms with Crippen LogP contribution in [0.2, 0.25) is 0 Å². The molecule has 2 aromatic heterocycles. The lowest BCUT2D eigenvalue weighted by Crippen LogP contribution is -2.31. The summed E-state index contributed by atoms with van der Waals surface area (Å²) in [6.45, 7) is 0. The molecule has 3 heterocycles. The fraction of sp³-hybridized carbons (Fsp3) is 0.333. The van der Waals surface area contributed by atoms with Crippen LogP contribution in [0.5, 0.6) is 0 Å². The first-order chi connectivity index (χ1) is 14.7. The highest BCUT2D eigenvalue weighted by Gasteiger charge is 2.42. The van der Waals surface area contributed by atoms with Crippen LogP contribution in [0.1, 0.15) is 61.6 Å². The highest BCUT2D eigenvalue weighted by molar-refractivity contribution is 7.80. The van der Waals surface area contributed by atoms with E-state index < -0.39 is 0 Å². The summed E-state index contributed by atoms with van der Waals surface area (Å²) in [7, 11) is 0. The summed E-state index contributed by atoms with van der Waals surface area (Å²) >= 11 is 5.77. The van der Waals surface area contributed by atoms with Gasteiger partial charge in [0.1, 0.15) is 11.9 Å². The van der Waals surface area contributed by atoms with Crippen molar-refractivity contribution in [3.63, 3.8) is 0 Å². The molecule has 1 N–H and O–H groups in total. The van der Waals surface area contributed by atoms with Gasteiger partial charge < -0.3 is 14.8 Å². The summed E-state index contributed by atoms with van der Waals surface area (Å²) in [5.41, 5.74) is 3.05. The van der Waals surface area contributed by atoms with Gasteiger partial charge >= 0.3 is 0 Å². The normalized spacial score (nSPS) is 22.3. The molecule has 2 fully saturated rings. The summed E-state index contributed by atoms with van der Waals surface area (Å²) in [6.07, 6.45) is 10.3. The second-order valence-corrected chi connectivity index (χ2v) is 8.49. The van der Waals surface area contributed by atoms with Gasteiger partial charge in [-0.25, -0.2) is 4.39 Å². The number of anilines is 1. The topological polar surface area (TPSA) is 33.1 Å². The summed E-state index contributed by atoms with van der Waals surface area (Å²) in [6, 6.07) is 17.2. The molecule has 4 nitrogen and oxygen atoms in total. The third kappa shape index (κ3) is 3.49. The van der Waals surface area contributed by atoms with E-state index in [9.17, 15) is 4.39 Å². The maximum absolute atomic E-state index is 13.6. The van der Waals surface area contributed by atoms with Gasteiger partial charge in [-0.3, -0.25) is 4.98 Å². The lowest BCUT2D eigenvalue weighted by atomic mass is 9.94. The second kappa shape index (κ2) is 8.19. The Balaban J connectivity index is 1.61. The van der Waals surface area contributed by atoms with Crippen molar-refractivity contribution < 1.29 is 4.39 Å². The molecular formula is C24H25FN4S. The molecule has 3 aromatic rings. The van der Waals surface area contributed by atoms with E-state index in [4.69, 9.17) is 12.2 Å². The molecule has 1 aliphatic carbocycles. The Bertz CT molecular complexity index is 1010. The van der Waals surface area contributed by atoms with E-state index in [1.165, 1.54) is 49.9 Å². The predicted molar refractivity (Wildman–Crippen MR) is 121 cm³/mol. The van der Waals surface area contributed by atoms with Crippen molar-refractivity contribution in [2.45, 2.75) is 50.2 Å². The van der Waals surface area contributed by atoms with Gasteiger partial charge in [0.15, 0.2) is 5.11 Å². The van der Waals surface area contributed by atoms with Gasteiger partial charge in [-0.2, -0.15) is 0 Å². The Hall–Kier alpha value is -2.73. The molecule has 2 atom stereocenters. The van der Waals surface area contributed by atoms with Gasteiger partial charge in [0.25, 0.3) is 0 Å². The van der Waals surface area contributed by atoms with Crippen molar-refractivity contribution in [3.8, 4) is 0 Å². The highest BCUT2D eigenvalue weighted by atomic mass is 32.1. The van der Waals surface area contributed by atoms with E-state index in [-0.39, 0.29) is 17.9 Å². The molecule has 6 heteroatoms. The monoisotopic (exact) mass is 420 g/mol. The van der Waals surface area contributed by atoms with Crippen molar-refractivity contribution in [2.24, 2.45) is 0 Å². The van der Waals surface area contributed by atoms with Gasteiger partial charge in [0.05, 0.1) is 11.7 Å². The minimum Gasteiger partial charge on any atom is -0.351 e. The van der Waals surface area contributed by atoms with Crippen molar-refractivity contribution in [3.05, 3.63) is 84.2 Å². The number of halogens is 1. The predicted octanol–water partition coefficient (Wildman–Crippen LogP) is 5.70. The second-order valence-electron chi connectivity index (χ2n) is 8.11. The molecule has 0 bridgehead atoms. The Morgan fingerprint density at radius 3 is 2.50 bits per heavy atom. The van der Waals surface area contributed by atoms with E-state index in [1.54, 1.807) is 12.1 Å². The first-order valence-electron chi connectivity index (χ1n) is 10.7. The molecule has 1 aromatic carbocycles. The Morgan fingerprint density at radius 1 is 0.967 bits per heavy atom. The number of aromatic nitrogens is 2. The molecule has 30 heavy (non-hydrogen) atoms. The van der Waals surface area contributed by atoms with Crippen molar-refractivity contribution in [2.75, 3.05) is 4.90 Å². The van der Waals surface area contributed by atoms with E-state index in [2.05, 4.69) is 38.1 Å². The summed E-state index contributed by atoms with van der Waals surface area (Å²) in [5, 5.41) is 4.13. The SMILES string of the molecule is Fc1ccc(N2C(=S)NC(c3ccccn3)C2c2cccn2C2CCCCC2)cc1. The molecule has 0 spiro atoms. The molecule has 2 unspecified atom stereocenters. The van der Waals surface area contributed by atoms with Gasteiger partial charge in [0, 0.05) is 29.8 Å². The number of pyridine rings is 1. The Morgan fingerprint density at radius 2 is 1.77 bits per heavy atom. The third-order valence-electron chi connectivity index (χ3n) is 6.29. The number of nitrogens with zero attached hydrogens (tertiary/aromatic N) is 3. The first kappa shape index (κ1) is 19.2. The van der Waals surface area contributed by atoms with E-state index in [0.717, 1.165) is 11.4 Å². The van der Waals surface area contributed by atoms with Crippen LogP contribution in [0.15, 0.2) is 67.0 Å². The minimum absolute atomic E-state index is 0.0604. The maximum Gasteiger partial charge on any atom is 0.174 e. The van der Waals surface area contributed by atoms with Crippen LogP contribution in [0, 0.1) is 5.82 Å². The molecular weight excluding hydrogens is 395 g/mol. The van der Waals surface area contributed by atoms with Crippen LogP contribution in [0.3, 0.4) is 0 Å². The lowest BCUT2D eigenvalue weighted by molar-refractivity contribution is 0.340. The Kier molecular flexibility index (Phi) is 5.25. The molecule has 2 aliphatic rings. The number of hydrogen-bond acceptors (Lipinski definition) is 2. The maximum atomic E-state index is 13.6. The quantitative estimate of drug-likeness (QED) is 0.549. The molecule has 0 amide bonds. The molecule has 5 rings (SSSR count). The zero-order valence-electron chi connectivity index (χ0n) is 16.7. The zero-order valence-corrected chi connectivity index (χ0v) is 17.6. The van der Waals surface area contributed by atoms with Crippen molar-refractivity contribution >= 4 is 23.0 Å².